The molecule has 0 spiro atoms. The van der Waals surface area contributed by atoms with E-state index < -0.39 is 17.4 Å². The van der Waals surface area contributed by atoms with Crippen molar-refractivity contribution in [1.82, 2.24) is 5.32 Å². The average molecular weight is 326 g/mol. The van der Waals surface area contributed by atoms with E-state index in [2.05, 4.69) is 10.6 Å². The molecular formula is C15H22N2O4S. The van der Waals surface area contributed by atoms with Gasteiger partial charge in [-0.2, -0.15) is 11.8 Å². The molecule has 2 amide bonds. The van der Waals surface area contributed by atoms with Crippen LogP contribution in [0.15, 0.2) is 18.2 Å². The van der Waals surface area contributed by atoms with Crippen LogP contribution in [0.1, 0.15) is 12.5 Å². The van der Waals surface area contributed by atoms with Crippen molar-refractivity contribution >= 4 is 29.3 Å². The number of nitrogens with one attached hydrogen (secondary N) is 2. The highest BCUT2D eigenvalue weighted by molar-refractivity contribution is 7.98. The molecule has 1 rings (SSSR count). The van der Waals surface area contributed by atoms with E-state index in [0.717, 1.165) is 5.56 Å². The number of aliphatic hydroxyl groups is 1. The first-order valence-electron chi connectivity index (χ1n) is 6.74. The summed E-state index contributed by atoms with van der Waals surface area (Å²) in [7, 11) is 1.49. The fourth-order valence-corrected chi connectivity index (χ4v) is 2.54. The van der Waals surface area contributed by atoms with Crippen molar-refractivity contribution in [3.8, 4) is 5.75 Å². The summed E-state index contributed by atoms with van der Waals surface area (Å²) < 4.78 is 5.14. The van der Waals surface area contributed by atoms with E-state index in [0.29, 0.717) is 17.2 Å². The summed E-state index contributed by atoms with van der Waals surface area (Å²) in [4.78, 5) is 23.7. The van der Waals surface area contributed by atoms with Crippen molar-refractivity contribution in [2.24, 2.45) is 0 Å². The predicted molar refractivity (Wildman–Crippen MR) is 88.4 cm³/mol. The smallest absolute Gasteiger partial charge is 0.313 e. The highest BCUT2D eigenvalue weighted by atomic mass is 32.2. The molecule has 0 aliphatic rings. The molecule has 122 valence electrons. The van der Waals surface area contributed by atoms with E-state index in [9.17, 15) is 14.7 Å². The van der Waals surface area contributed by atoms with E-state index in [1.165, 1.54) is 18.9 Å². The van der Waals surface area contributed by atoms with E-state index in [1.54, 1.807) is 19.1 Å². The Balaban J connectivity index is 2.65. The summed E-state index contributed by atoms with van der Waals surface area (Å²) in [5.74, 6) is -0.671. The zero-order valence-corrected chi connectivity index (χ0v) is 14.0. The number of hydrogen-bond acceptors (Lipinski definition) is 5. The SMILES string of the molecule is COc1ccc(C)cc1NC(=O)C(=O)NCC(C)(O)CSC. The van der Waals surface area contributed by atoms with Crippen LogP contribution in [0.3, 0.4) is 0 Å². The van der Waals surface area contributed by atoms with Gasteiger partial charge in [0.05, 0.1) is 18.4 Å². The number of rotatable bonds is 6. The highest BCUT2D eigenvalue weighted by Crippen LogP contribution is 2.25. The van der Waals surface area contributed by atoms with Crippen LogP contribution >= 0.6 is 11.8 Å². The van der Waals surface area contributed by atoms with Gasteiger partial charge < -0.3 is 20.5 Å². The zero-order valence-electron chi connectivity index (χ0n) is 13.2. The summed E-state index contributed by atoms with van der Waals surface area (Å²) in [6.07, 6.45) is 1.85. The van der Waals surface area contributed by atoms with Gasteiger partial charge in [-0.1, -0.05) is 6.07 Å². The summed E-state index contributed by atoms with van der Waals surface area (Å²) >= 11 is 1.46. The van der Waals surface area contributed by atoms with E-state index >= 15 is 0 Å². The standard InChI is InChI=1S/C15H22N2O4S/c1-10-5-6-12(21-3)11(7-10)17-14(19)13(18)16-8-15(2,20)9-22-4/h5-7,20H,8-9H2,1-4H3,(H,16,18)(H,17,19). The lowest BCUT2D eigenvalue weighted by atomic mass is 10.1. The monoisotopic (exact) mass is 326 g/mol. The first-order valence-corrected chi connectivity index (χ1v) is 8.13. The van der Waals surface area contributed by atoms with E-state index in [-0.39, 0.29) is 6.54 Å². The van der Waals surface area contributed by atoms with Crippen LogP contribution in [0.5, 0.6) is 5.75 Å². The molecule has 0 saturated carbocycles. The second kappa shape index (κ2) is 8.05. The van der Waals surface area contributed by atoms with Crippen molar-refractivity contribution < 1.29 is 19.4 Å². The molecule has 1 unspecified atom stereocenters. The van der Waals surface area contributed by atoms with Crippen molar-refractivity contribution in [1.29, 1.82) is 0 Å². The van der Waals surface area contributed by atoms with Gasteiger partial charge in [0.15, 0.2) is 0 Å². The molecule has 0 fully saturated rings. The van der Waals surface area contributed by atoms with Crippen LogP contribution in [-0.2, 0) is 9.59 Å². The molecule has 3 N–H and O–H groups in total. The number of thioether (sulfide) groups is 1. The van der Waals surface area contributed by atoms with Gasteiger partial charge in [-0.05, 0) is 37.8 Å². The Morgan fingerprint density at radius 2 is 2.05 bits per heavy atom. The van der Waals surface area contributed by atoms with Crippen LogP contribution in [0, 0.1) is 6.92 Å². The van der Waals surface area contributed by atoms with Gasteiger partial charge in [-0.3, -0.25) is 9.59 Å². The molecule has 6 nitrogen and oxygen atoms in total. The Kier molecular flexibility index (Phi) is 6.70. The molecule has 0 heterocycles. The van der Waals surface area contributed by atoms with Crippen molar-refractivity contribution in [2.45, 2.75) is 19.4 Å². The van der Waals surface area contributed by atoms with Gasteiger partial charge in [0.25, 0.3) is 0 Å². The van der Waals surface area contributed by atoms with Crippen LogP contribution < -0.4 is 15.4 Å². The second-order valence-corrected chi connectivity index (χ2v) is 6.14. The van der Waals surface area contributed by atoms with Crippen molar-refractivity contribution in [2.75, 3.05) is 31.0 Å². The van der Waals surface area contributed by atoms with Crippen LogP contribution in [0.2, 0.25) is 0 Å². The third-order valence-corrected chi connectivity index (χ3v) is 3.81. The minimum atomic E-state index is -1.06. The number of carbonyl (C=O) groups excluding carboxylic acids is 2. The lowest BCUT2D eigenvalue weighted by molar-refractivity contribution is -0.136. The largest absolute Gasteiger partial charge is 0.495 e. The number of anilines is 1. The van der Waals surface area contributed by atoms with Crippen LogP contribution in [-0.4, -0.2) is 48.2 Å². The third kappa shape index (κ3) is 5.57. The predicted octanol–water partition coefficient (Wildman–Crippen LogP) is 1.17. The number of benzene rings is 1. The molecule has 0 aliphatic carbocycles. The van der Waals surface area contributed by atoms with Gasteiger partial charge in [0.1, 0.15) is 5.75 Å². The number of hydrogen-bond donors (Lipinski definition) is 3. The summed E-state index contributed by atoms with van der Waals surface area (Å²) in [6.45, 7) is 3.48. The Bertz CT molecular complexity index is 546. The molecule has 0 aromatic heterocycles. The second-order valence-electron chi connectivity index (χ2n) is 5.27. The topological polar surface area (TPSA) is 87.7 Å². The lowest BCUT2D eigenvalue weighted by Crippen LogP contribution is -2.45. The Hall–Kier alpha value is -1.73. The number of aryl methyl sites for hydroxylation is 1. The lowest BCUT2D eigenvalue weighted by Gasteiger charge is -2.22. The van der Waals surface area contributed by atoms with E-state index in [4.69, 9.17) is 4.74 Å². The summed E-state index contributed by atoms with van der Waals surface area (Å²) in [5, 5.41) is 14.9. The van der Waals surface area contributed by atoms with Crippen LogP contribution in [0.4, 0.5) is 5.69 Å². The van der Waals surface area contributed by atoms with Crippen molar-refractivity contribution in [3.63, 3.8) is 0 Å². The van der Waals surface area contributed by atoms with Gasteiger partial charge in [-0.15, -0.1) is 0 Å². The number of carbonyl (C=O) groups is 2. The quantitative estimate of drug-likeness (QED) is 0.683. The first kappa shape index (κ1) is 18.3. The number of methoxy groups -OCH3 is 1. The highest BCUT2D eigenvalue weighted by Gasteiger charge is 2.23. The first-order chi connectivity index (χ1) is 10.3. The molecule has 22 heavy (non-hydrogen) atoms. The Morgan fingerprint density at radius 1 is 1.36 bits per heavy atom. The fraction of sp³-hybridized carbons (Fsp3) is 0.467. The zero-order chi connectivity index (χ0) is 16.8. The molecule has 1 aromatic carbocycles. The summed E-state index contributed by atoms with van der Waals surface area (Å²) in [5.41, 5.74) is 0.300. The van der Waals surface area contributed by atoms with Gasteiger partial charge in [0.2, 0.25) is 0 Å². The molecule has 0 bridgehead atoms. The molecule has 7 heteroatoms. The maximum atomic E-state index is 11.9. The molecular weight excluding hydrogens is 304 g/mol. The third-order valence-electron chi connectivity index (χ3n) is 2.89. The molecule has 0 saturated heterocycles. The molecule has 1 atom stereocenters. The maximum Gasteiger partial charge on any atom is 0.313 e. The van der Waals surface area contributed by atoms with E-state index in [1.807, 2.05) is 19.2 Å². The number of amides is 2. The fourth-order valence-electron chi connectivity index (χ4n) is 1.81. The van der Waals surface area contributed by atoms with Crippen LogP contribution in [0.25, 0.3) is 0 Å². The molecule has 0 aliphatic heterocycles. The summed E-state index contributed by atoms with van der Waals surface area (Å²) in [6, 6.07) is 5.27. The minimum absolute atomic E-state index is 0.00501. The normalized spacial score (nSPS) is 13.1. The van der Waals surface area contributed by atoms with Gasteiger partial charge >= 0.3 is 11.8 Å². The van der Waals surface area contributed by atoms with Crippen molar-refractivity contribution in [3.05, 3.63) is 23.8 Å². The molecule has 1 aromatic rings. The Labute approximate surface area is 134 Å². The number of ether oxygens (including phenoxy) is 1. The molecule has 0 radical (unpaired) electrons. The van der Waals surface area contributed by atoms with Gasteiger partial charge in [-0.25, -0.2) is 0 Å². The maximum absolute atomic E-state index is 11.9. The van der Waals surface area contributed by atoms with Gasteiger partial charge in [0, 0.05) is 12.3 Å². The minimum Gasteiger partial charge on any atom is -0.495 e. The average Bonchev–Trinajstić information content (AvgIpc) is 2.45. The Morgan fingerprint density at radius 3 is 2.64 bits per heavy atom.